The molecule has 0 spiro atoms. The number of rotatable bonds is 7. The van der Waals surface area contributed by atoms with Crippen molar-refractivity contribution in [2.75, 3.05) is 13.2 Å². The van der Waals surface area contributed by atoms with E-state index in [1.165, 1.54) is 0 Å². The van der Waals surface area contributed by atoms with E-state index >= 15 is 0 Å². The van der Waals surface area contributed by atoms with Gasteiger partial charge in [-0.1, -0.05) is 12.1 Å². The van der Waals surface area contributed by atoms with E-state index in [0.717, 1.165) is 18.4 Å². The van der Waals surface area contributed by atoms with Crippen LogP contribution < -0.4 is 4.72 Å². The maximum Gasteiger partial charge on any atom is 0.240 e. The van der Waals surface area contributed by atoms with Gasteiger partial charge in [0.15, 0.2) is 0 Å². The fraction of sp³-hybridized carbons (Fsp3) is 0.571. The van der Waals surface area contributed by atoms with Gasteiger partial charge in [0.1, 0.15) is 0 Å². The SMILES string of the molecule is CCOC1CC(NS(=O)(=O)c2ccc(CCO)cc2)C1. The van der Waals surface area contributed by atoms with Crippen LogP contribution in [0.3, 0.4) is 0 Å². The van der Waals surface area contributed by atoms with Crippen molar-refractivity contribution in [2.24, 2.45) is 0 Å². The molecule has 5 nitrogen and oxygen atoms in total. The largest absolute Gasteiger partial charge is 0.396 e. The summed E-state index contributed by atoms with van der Waals surface area (Å²) in [6.45, 7) is 2.66. The van der Waals surface area contributed by atoms with E-state index < -0.39 is 10.0 Å². The first-order valence-corrected chi connectivity index (χ1v) is 8.37. The molecule has 0 atom stereocenters. The summed E-state index contributed by atoms with van der Waals surface area (Å²) in [4.78, 5) is 0.263. The minimum absolute atomic E-state index is 0.0336. The van der Waals surface area contributed by atoms with Crippen LogP contribution in [0.5, 0.6) is 0 Å². The molecule has 0 aromatic heterocycles. The zero-order valence-corrected chi connectivity index (χ0v) is 12.4. The van der Waals surface area contributed by atoms with Crippen LogP contribution in [0.1, 0.15) is 25.3 Å². The molecule has 0 aliphatic heterocycles. The summed E-state index contributed by atoms with van der Waals surface area (Å²) in [5.74, 6) is 0. The molecule has 0 bridgehead atoms. The molecule has 0 heterocycles. The fourth-order valence-electron chi connectivity index (χ4n) is 2.29. The zero-order valence-electron chi connectivity index (χ0n) is 11.6. The lowest BCUT2D eigenvalue weighted by atomic mass is 9.90. The summed E-state index contributed by atoms with van der Waals surface area (Å²) in [5.41, 5.74) is 0.923. The zero-order chi connectivity index (χ0) is 14.6. The van der Waals surface area contributed by atoms with Crippen molar-refractivity contribution in [3.8, 4) is 0 Å². The van der Waals surface area contributed by atoms with E-state index in [1.807, 2.05) is 6.92 Å². The molecule has 20 heavy (non-hydrogen) atoms. The average molecular weight is 299 g/mol. The van der Waals surface area contributed by atoms with Gasteiger partial charge in [0, 0.05) is 19.3 Å². The molecule has 0 radical (unpaired) electrons. The molecule has 2 N–H and O–H groups in total. The summed E-state index contributed by atoms with van der Waals surface area (Å²) in [7, 11) is -3.46. The van der Waals surface area contributed by atoms with Gasteiger partial charge in [-0.25, -0.2) is 13.1 Å². The first-order chi connectivity index (χ1) is 9.55. The molecule has 1 saturated carbocycles. The summed E-state index contributed by atoms with van der Waals surface area (Å²) < 4.78 is 32.4. The minimum Gasteiger partial charge on any atom is -0.396 e. The number of ether oxygens (including phenoxy) is 1. The smallest absolute Gasteiger partial charge is 0.240 e. The van der Waals surface area contributed by atoms with Crippen molar-refractivity contribution in [3.05, 3.63) is 29.8 Å². The van der Waals surface area contributed by atoms with Crippen LogP contribution in [-0.2, 0) is 21.2 Å². The van der Waals surface area contributed by atoms with E-state index in [1.54, 1.807) is 24.3 Å². The highest BCUT2D eigenvalue weighted by molar-refractivity contribution is 7.89. The van der Waals surface area contributed by atoms with E-state index in [0.29, 0.717) is 13.0 Å². The molecule has 1 aliphatic carbocycles. The van der Waals surface area contributed by atoms with Gasteiger partial charge in [-0.05, 0) is 43.9 Å². The predicted molar refractivity (Wildman–Crippen MR) is 76.0 cm³/mol. The lowest BCUT2D eigenvalue weighted by Gasteiger charge is -2.35. The van der Waals surface area contributed by atoms with Crippen LogP contribution in [-0.4, -0.2) is 38.9 Å². The van der Waals surface area contributed by atoms with E-state index in [2.05, 4.69) is 4.72 Å². The van der Waals surface area contributed by atoms with Crippen LogP contribution in [0.25, 0.3) is 0 Å². The molecule has 0 amide bonds. The van der Waals surface area contributed by atoms with Gasteiger partial charge in [0.05, 0.1) is 11.0 Å². The quantitative estimate of drug-likeness (QED) is 0.789. The first-order valence-electron chi connectivity index (χ1n) is 6.89. The summed E-state index contributed by atoms with van der Waals surface area (Å²) in [6.07, 6.45) is 2.18. The molecule has 1 aliphatic rings. The van der Waals surface area contributed by atoms with Crippen molar-refractivity contribution >= 4 is 10.0 Å². The molecule has 112 valence electrons. The Kier molecular flexibility index (Phi) is 5.15. The standard InChI is InChI=1S/C14H21NO4S/c1-2-19-13-9-12(10-13)15-20(17,18)14-5-3-11(4-6-14)7-8-16/h3-6,12-13,15-16H,2,7-10H2,1H3. The van der Waals surface area contributed by atoms with Gasteiger partial charge in [-0.15, -0.1) is 0 Å². The van der Waals surface area contributed by atoms with Crippen LogP contribution in [0, 0.1) is 0 Å². The molecule has 0 unspecified atom stereocenters. The highest BCUT2D eigenvalue weighted by Gasteiger charge is 2.33. The summed E-state index contributed by atoms with van der Waals surface area (Å²) in [5, 5.41) is 8.83. The predicted octanol–water partition coefficient (Wildman–Crippen LogP) is 1.07. The Labute approximate surface area is 120 Å². The second-order valence-electron chi connectivity index (χ2n) is 4.98. The Morgan fingerprint density at radius 1 is 1.30 bits per heavy atom. The Bertz CT molecular complexity index is 521. The van der Waals surface area contributed by atoms with Crippen molar-refractivity contribution < 1.29 is 18.3 Å². The number of hydrogen-bond acceptors (Lipinski definition) is 4. The lowest BCUT2D eigenvalue weighted by molar-refractivity contribution is -0.00475. The number of nitrogens with one attached hydrogen (secondary N) is 1. The van der Waals surface area contributed by atoms with Crippen molar-refractivity contribution in [1.82, 2.24) is 4.72 Å². The van der Waals surface area contributed by atoms with Gasteiger partial charge in [-0.2, -0.15) is 0 Å². The van der Waals surface area contributed by atoms with E-state index in [9.17, 15) is 8.42 Å². The van der Waals surface area contributed by atoms with Crippen LogP contribution in [0.2, 0.25) is 0 Å². The lowest BCUT2D eigenvalue weighted by Crippen LogP contribution is -2.47. The van der Waals surface area contributed by atoms with Crippen LogP contribution in [0.4, 0.5) is 0 Å². The van der Waals surface area contributed by atoms with Gasteiger partial charge < -0.3 is 9.84 Å². The molecule has 2 rings (SSSR count). The summed E-state index contributed by atoms with van der Waals surface area (Å²) in [6, 6.07) is 6.58. The third kappa shape index (κ3) is 3.79. The molecule has 1 fully saturated rings. The maximum atomic E-state index is 12.2. The third-order valence-corrected chi connectivity index (χ3v) is 4.99. The normalized spacial score (nSPS) is 22.5. The Morgan fingerprint density at radius 3 is 2.50 bits per heavy atom. The number of sulfonamides is 1. The van der Waals surface area contributed by atoms with E-state index in [4.69, 9.17) is 9.84 Å². The Morgan fingerprint density at radius 2 is 1.95 bits per heavy atom. The van der Waals surface area contributed by atoms with Gasteiger partial charge in [-0.3, -0.25) is 0 Å². The topological polar surface area (TPSA) is 75.6 Å². The molecular formula is C14H21NO4S. The number of aliphatic hydroxyl groups is 1. The van der Waals surface area contributed by atoms with Crippen molar-refractivity contribution in [3.63, 3.8) is 0 Å². The highest BCUT2D eigenvalue weighted by Crippen LogP contribution is 2.25. The van der Waals surface area contributed by atoms with Gasteiger partial charge in [0.25, 0.3) is 0 Å². The molecule has 1 aromatic rings. The maximum absolute atomic E-state index is 12.2. The number of benzene rings is 1. The highest BCUT2D eigenvalue weighted by atomic mass is 32.2. The van der Waals surface area contributed by atoms with Crippen LogP contribution >= 0.6 is 0 Å². The fourth-order valence-corrected chi connectivity index (χ4v) is 3.55. The second-order valence-corrected chi connectivity index (χ2v) is 6.70. The summed E-state index contributed by atoms with van der Waals surface area (Å²) >= 11 is 0. The van der Waals surface area contributed by atoms with Gasteiger partial charge in [0.2, 0.25) is 10.0 Å². The number of aliphatic hydroxyl groups excluding tert-OH is 1. The molecule has 6 heteroatoms. The van der Waals surface area contributed by atoms with Crippen LogP contribution in [0.15, 0.2) is 29.2 Å². The third-order valence-electron chi connectivity index (χ3n) is 3.45. The number of hydrogen-bond donors (Lipinski definition) is 2. The van der Waals surface area contributed by atoms with Gasteiger partial charge >= 0.3 is 0 Å². The monoisotopic (exact) mass is 299 g/mol. The Hall–Kier alpha value is -0.950. The van der Waals surface area contributed by atoms with Crippen molar-refractivity contribution in [2.45, 2.75) is 43.2 Å². The molecular weight excluding hydrogens is 278 g/mol. The molecule has 0 saturated heterocycles. The average Bonchev–Trinajstić information content (AvgIpc) is 2.37. The van der Waals surface area contributed by atoms with E-state index in [-0.39, 0.29) is 23.6 Å². The molecule has 1 aromatic carbocycles. The minimum atomic E-state index is -3.46. The van der Waals surface area contributed by atoms with Crippen molar-refractivity contribution in [1.29, 1.82) is 0 Å². The second kappa shape index (κ2) is 6.67. The Balaban J connectivity index is 1.93. The first kappa shape index (κ1) is 15.4.